The molecule has 0 unspecified atom stereocenters. The highest BCUT2D eigenvalue weighted by atomic mass is 16.5. The molecule has 0 radical (unpaired) electrons. The number of aliphatic hydroxyl groups excluding tert-OH is 1. The number of ketones is 1. The third kappa shape index (κ3) is 3.45. The topological polar surface area (TPSA) is 84.9 Å². The van der Waals surface area contributed by atoms with E-state index in [1.54, 1.807) is 18.2 Å². The normalized spacial score (nSPS) is 18.2. The van der Waals surface area contributed by atoms with Crippen LogP contribution in [0.3, 0.4) is 0 Å². The van der Waals surface area contributed by atoms with Gasteiger partial charge in [0.25, 0.3) is 11.7 Å². The summed E-state index contributed by atoms with van der Waals surface area (Å²) in [7, 11) is 2.99. The van der Waals surface area contributed by atoms with Crippen LogP contribution in [0.25, 0.3) is 5.76 Å². The van der Waals surface area contributed by atoms with E-state index < -0.39 is 17.7 Å². The summed E-state index contributed by atoms with van der Waals surface area (Å²) in [5, 5.41) is 13.5. The largest absolute Gasteiger partial charge is 0.507 e. The molecule has 6 nitrogen and oxygen atoms in total. The molecule has 1 atom stereocenters. The summed E-state index contributed by atoms with van der Waals surface area (Å²) in [5.41, 5.74) is 2.26. The maximum atomic E-state index is 12.5. The zero-order valence-corrected chi connectivity index (χ0v) is 16.3. The molecule has 0 aliphatic carbocycles. The molecule has 2 aromatic rings. The molecule has 1 heterocycles. The van der Waals surface area contributed by atoms with Crippen LogP contribution < -0.4 is 14.8 Å². The van der Waals surface area contributed by atoms with Crippen molar-refractivity contribution in [1.29, 1.82) is 0 Å². The first-order chi connectivity index (χ1) is 13.4. The Hall–Kier alpha value is -3.28. The summed E-state index contributed by atoms with van der Waals surface area (Å²) in [4.78, 5) is 24.5. The average Bonchev–Trinajstić information content (AvgIpc) is 3.01. The van der Waals surface area contributed by atoms with Crippen molar-refractivity contribution in [3.05, 3.63) is 64.7 Å². The van der Waals surface area contributed by atoms with Crippen molar-refractivity contribution in [2.24, 2.45) is 0 Å². The van der Waals surface area contributed by atoms with Gasteiger partial charge in [-0.3, -0.25) is 9.59 Å². The molecule has 1 aliphatic rings. The number of rotatable bonds is 5. The van der Waals surface area contributed by atoms with Crippen molar-refractivity contribution in [3.8, 4) is 11.5 Å². The van der Waals surface area contributed by atoms with Crippen LogP contribution in [0.5, 0.6) is 11.5 Å². The number of carbonyl (C=O) groups is 2. The minimum atomic E-state index is -0.745. The summed E-state index contributed by atoms with van der Waals surface area (Å²) in [5.74, 6) is -0.469. The van der Waals surface area contributed by atoms with Gasteiger partial charge in [-0.05, 0) is 35.2 Å². The SMILES string of the molecule is COc1ccc(C(O)=C2C(=O)C(=O)N[C@@H]2c2ccc(C(C)C)cc2)cc1OC. The third-order valence-corrected chi connectivity index (χ3v) is 4.86. The van der Waals surface area contributed by atoms with Gasteiger partial charge in [0.1, 0.15) is 5.76 Å². The van der Waals surface area contributed by atoms with Gasteiger partial charge in [-0.15, -0.1) is 0 Å². The summed E-state index contributed by atoms with van der Waals surface area (Å²) in [6, 6.07) is 11.7. The predicted octanol–water partition coefficient (Wildman–Crippen LogP) is 3.54. The van der Waals surface area contributed by atoms with E-state index in [9.17, 15) is 14.7 Å². The molecule has 0 spiro atoms. The molecule has 0 aromatic heterocycles. The van der Waals surface area contributed by atoms with E-state index >= 15 is 0 Å². The van der Waals surface area contributed by atoms with E-state index in [1.165, 1.54) is 14.2 Å². The number of amides is 1. The van der Waals surface area contributed by atoms with Crippen molar-refractivity contribution < 1.29 is 24.2 Å². The Morgan fingerprint density at radius 3 is 2.21 bits per heavy atom. The summed E-state index contributed by atoms with van der Waals surface area (Å²) < 4.78 is 10.5. The van der Waals surface area contributed by atoms with Gasteiger partial charge in [0.15, 0.2) is 11.5 Å². The first-order valence-electron chi connectivity index (χ1n) is 8.98. The Labute approximate surface area is 163 Å². The summed E-state index contributed by atoms with van der Waals surface area (Å²) in [6.45, 7) is 4.17. The van der Waals surface area contributed by atoms with Gasteiger partial charge in [-0.1, -0.05) is 38.1 Å². The molecular formula is C22H23NO5. The van der Waals surface area contributed by atoms with Gasteiger partial charge in [-0.25, -0.2) is 0 Å². The van der Waals surface area contributed by atoms with E-state index in [1.807, 2.05) is 24.3 Å². The molecule has 1 fully saturated rings. The van der Waals surface area contributed by atoms with Crippen molar-refractivity contribution in [2.45, 2.75) is 25.8 Å². The van der Waals surface area contributed by atoms with Gasteiger partial charge in [-0.2, -0.15) is 0 Å². The summed E-state index contributed by atoms with van der Waals surface area (Å²) >= 11 is 0. The first-order valence-corrected chi connectivity index (χ1v) is 8.98. The monoisotopic (exact) mass is 381 g/mol. The lowest BCUT2D eigenvalue weighted by molar-refractivity contribution is -0.133. The first kappa shape index (κ1) is 19.5. The minimum absolute atomic E-state index is 0.0227. The fraction of sp³-hybridized carbons (Fsp3) is 0.273. The highest BCUT2D eigenvalue weighted by Crippen LogP contribution is 2.36. The highest BCUT2D eigenvalue weighted by Gasteiger charge is 2.39. The van der Waals surface area contributed by atoms with Crippen LogP contribution in [0.2, 0.25) is 0 Å². The molecule has 2 N–H and O–H groups in total. The zero-order valence-electron chi connectivity index (χ0n) is 16.3. The molecular weight excluding hydrogens is 358 g/mol. The van der Waals surface area contributed by atoms with Gasteiger partial charge in [0.2, 0.25) is 0 Å². The van der Waals surface area contributed by atoms with Crippen LogP contribution in [0.1, 0.15) is 42.5 Å². The molecule has 1 aliphatic heterocycles. The second kappa shape index (κ2) is 7.76. The molecule has 1 saturated heterocycles. The molecule has 0 saturated carbocycles. The van der Waals surface area contributed by atoms with E-state index in [4.69, 9.17) is 9.47 Å². The number of hydrogen-bond acceptors (Lipinski definition) is 5. The van der Waals surface area contributed by atoms with E-state index in [0.717, 1.165) is 11.1 Å². The van der Waals surface area contributed by atoms with Crippen molar-refractivity contribution in [3.63, 3.8) is 0 Å². The maximum Gasteiger partial charge on any atom is 0.293 e. The van der Waals surface area contributed by atoms with Gasteiger partial charge >= 0.3 is 0 Å². The van der Waals surface area contributed by atoms with Crippen LogP contribution in [-0.2, 0) is 9.59 Å². The Balaban J connectivity index is 2.07. The Bertz CT molecular complexity index is 944. The van der Waals surface area contributed by atoms with Crippen LogP contribution in [-0.4, -0.2) is 31.0 Å². The van der Waals surface area contributed by atoms with Crippen LogP contribution >= 0.6 is 0 Å². The fourth-order valence-electron chi connectivity index (χ4n) is 3.23. The van der Waals surface area contributed by atoms with Crippen molar-refractivity contribution in [2.75, 3.05) is 14.2 Å². The van der Waals surface area contributed by atoms with Gasteiger partial charge in [0, 0.05) is 5.56 Å². The number of carbonyl (C=O) groups excluding carboxylic acids is 2. The number of aliphatic hydroxyl groups is 1. The quantitative estimate of drug-likeness (QED) is 0.470. The van der Waals surface area contributed by atoms with Gasteiger partial charge < -0.3 is 19.9 Å². The fourth-order valence-corrected chi connectivity index (χ4v) is 3.23. The predicted molar refractivity (Wildman–Crippen MR) is 106 cm³/mol. The van der Waals surface area contributed by atoms with E-state index in [2.05, 4.69) is 19.2 Å². The van der Waals surface area contributed by atoms with Crippen molar-refractivity contribution >= 4 is 17.4 Å². The Morgan fingerprint density at radius 1 is 1.00 bits per heavy atom. The molecule has 2 aromatic carbocycles. The summed E-state index contributed by atoms with van der Waals surface area (Å²) in [6.07, 6.45) is 0. The third-order valence-electron chi connectivity index (χ3n) is 4.86. The lowest BCUT2D eigenvalue weighted by atomic mass is 9.93. The molecule has 146 valence electrons. The van der Waals surface area contributed by atoms with Crippen LogP contribution in [0, 0.1) is 0 Å². The number of methoxy groups -OCH3 is 2. The number of benzene rings is 2. The second-order valence-corrected chi connectivity index (χ2v) is 6.89. The second-order valence-electron chi connectivity index (χ2n) is 6.89. The number of nitrogens with one attached hydrogen (secondary N) is 1. The van der Waals surface area contributed by atoms with Crippen LogP contribution in [0.15, 0.2) is 48.0 Å². The molecule has 3 rings (SSSR count). The van der Waals surface area contributed by atoms with Gasteiger partial charge in [0.05, 0.1) is 25.8 Å². The average molecular weight is 381 g/mol. The smallest absolute Gasteiger partial charge is 0.293 e. The Morgan fingerprint density at radius 2 is 1.64 bits per heavy atom. The molecule has 6 heteroatoms. The number of hydrogen-bond donors (Lipinski definition) is 2. The Kier molecular flexibility index (Phi) is 5.40. The minimum Gasteiger partial charge on any atom is -0.507 e. The number of ether oxygens (including phenoxy) is 2. The van der Waals surface area contributed by atoms with Crippen LogP contribution in [0.4, 0.5) is 0 Å². The van der Waals surface area contributed by atoms with E-state index in [-0.39, 0.29) is 11.3 Å². The molecule has 1 amide bonds. The highest BCUT2D eigenvalue weighted by molar-refractivity contribution is 6.46. The number of Topliss-reactive ketones (excluding diaryl/α,β-unsaturated/α-hetero) is 1. The van der Waals surface area contributed by atoms with E-state index in [0.29, 0.717) is 23.0 Å². The standard InChI is InChI=1S/C22H23NO5/c1-12(2)13-5-7-14(8-6-13)19-18(21(25)22(26)23-19)20(24)15-9-10-16(27-3)17(11-15)28-4/h5-12,19,24H,1-4H3,(H,23,26)/t19-/m1/s1. The molecule has 0 bridgehead atoms. The molecule has 28 heavy (non-hydrogen) atoms. The lowest BCUT2D eigenvalue weighted by Gasteiger charge is -2.16. The zero-order chi connectivity index (χ0) is 20.4. The maximum absolute atomic E-state index is 12.5. The van der Waals surface area contributed by atoms with Crippen molar-refractivity contribution in [1.82, 2.24) is 5.32 Å². The lowest BCUT2D eigenvalue weighted by Crippen LogP contribution is -2.21.